The molecule has 0 amide bonds. The van der Waals surface area contributed by atoms with Crippen LogP contribution in [0.15, 0.2) is 72.1 Å². The SMILES string of the molecule is c1ccc(-c2csc(-c3ccccc3)c2)cc1. The number of hydrogen-bond acceptors (Lipinski definition) is 1. The van der Waals surface area contributed by atoms with E-state index in [1.807, 2.05) is 6.07 Å². The lowest BCUT2D eigenvalue weighted by atomic mass is 10.1. The third-order valence-electron chi connectivity index (χ3n) is 2.76. The second-order valence-corrected chi connectivity index (χ2v) is 4.84. The van der Waals surface area contributed by atoms with Gasteiger partial charge < -0.3 is 0 Å². The molecule has 0 saturated heterocycles. The van der Waals surface area contributed by atoms with Gasteiger partial charge in [-0.25, -0.2) is 0 Å². The largest absolute Gasteiger partial charge is 0.143 e. The van der Waals surface area contributed by atoms with Crippen molar-refractivity contribution in [3.8, 4) is 21.6 Å². The summed E-state index contributed by atoms with van der Waals surface area (Å²) < 4.78 is 0. The van der Waals surface area contributed by atoms with Crippen molar-refractivity contribution in [1.82, 2.24) is 0 Å². The maximum atomic E-state index is 2.26. The first kappa shape index (κ1) is 10.3. The molecule has 0 fully saturated rings. The summed E-state index contributed by atoms with van der Waals surface area (Å²) >= 11 is 1.80. The van der Waals surface area contributed by atoms with Crippen LogP contribution in [0.2, 0.25) is 0 Å². The lowest BCUT2D eigenvalue weighted by molar-refractivity contribution is 1.66. The zero-order valence-corrected chi connectivity index (χ0v) is 10.2. The van der Waals surface area contributed by atoms with Gasteiger partial charge in [-0.3, -0.25) is 0 Å². The van der Waals surface area contributed by atoms with Crippen LogP contribution >= 0.6 is 11.3 Å². The van der Waals surface area contributed by atoms with E-state index in [9.17, 15) is 0 Å². The fourth-order valence-corrected chi connectivity index (χ4v) is 2.80. The van der Waals surface area contributed by atoms with Crippen LogP contribution in [-0.4, -0.2) is 0 Å². The first-order valence-electron chi connectivity index (χ1n) is 5.63. The van der Waals surface area contributed by atoms with E-state index in [2.05, 4.69) is 66.0 Å². The second kappa shape index (κ2) is 4.56. The smallest absolute Gasteiger partial charge is 0.0349 e. The highest BCUT2D eigenvalue weighted by atomic mass is 32.1. The summed E-state index contributed by atoms with van der Waals surface area (Å²) in [5.74, 6) is 0. The van der Waals surface area contributed by atoms with Crippen LogP contribution < -0.4 is 0 Å². The predicted octanol–water partition coefficient (Wildman–Crippen LogP) is 5.08. The van der Waals surface area contributed by atoms with Crippen molar-refractivity contribution in [2.24, 2.45) is 0 Å². The summed E-state index contributed by atoms with van der Waals surface area (Å²) in [5, 5.41) is 2.22. The molecular weight excluding hydrogens is 224 g/mol. The van der Waals surface area contributed by atoms with Gasteiger partial charge in [0.1, 0.15) is 0 Å². The Bertz CT molecular complexity index is 540. The molecule has 0 N–H and O–H groups in total. The summed E-state index contributed by atoms with van der Waals surface area (Å²) in [6, 6.07) is 23.3. The maximum Gasteiger partial charge on any atom is 0.0349 e. The summed E-state index contributed by atoms with van der Waals surface area (Å²) in [6.07, 6.45) is 0. The minimum absolute atomic E-state index is 1.28. The highest BCUT2D eigenvalue weighted by Crippen LogP contribution is 2.32. The van der Waals surface area contributed by atoms with Crippen LogP contribution in [0.3, 0.4) is 0 Å². The summed E-state index contributed by atoms with van der Waals surface area (Å²) in [5.41, 5.74) is 3.88. The minimum atomic E-state index is 1.28. The van der Waals surface area contributed by atoms with Crippen molar-refractivity contribution in [3.63, 3.8) is 0 Å². The lowest BCUT2D eigenvalue weighted by Gasteiger charge is -1.96. The van der Waals surface area contributed by atoms with Crippen molar-refractivity contribution in [3.05, 3.63) is 72.1 Å². The van der Waals surface area contributed by atoms with E-state index >= 15 is 0 Å². The fraction of sp³-hybridized carbons (Fsp3) is 0. The molecule has 0 aliphatic carbocycles. The fourth-order valence-electron chi connectivity index (χ4n) is 1.87. The second-order valence-electron chi connectivity index (χ2n) is 3.93. The third-order valence-corrected chi connectivity index (χ3v) is 3.74. The van der Waals surface area contributed by atoms with Crippen LogP contribution in [-0.2, 0) is 0 Å². The first-order valence-corrected chi connectivity index (χ1v) is 6.51. The molecule has 82 valence electrons. The molecule has 1 heterocycles. The van der Waals surface area contributed by atoms with Crippen molar-refractivity contribution in [2.45, 2.75) is 0 Å². The molecule has 17 heavy (non-hydrogen) atoms. The van der Waals surface area contributed by atoms with Crippen LogP contribution in [0.1, 0.15) is 0 Å². The maximum absolute atomic E-state index is 2.26. The van der Waals surface area contributed by atoms with Crippen molar-refractivity contribution < 1.29 is 0 Å². The molecule has 0 spiro atoms. The lowest BCUT2D eigenvalue weighted by Crippen LogP contribution is -1.71. The summed E-state index contributed by atoms with van der Waals surface area (Å²) in [6.45, 7) is 0. The molecule has 0 radical (unpaired) electrons. The molecular formula is C16H12S. The van der Waals surface area contributed by atoms with E-state index in [1.54, 1.807) is 11.3 Å². The van der Waals surface area contributed by atoms with Gasteiger partial charge in [0.05, 0.1) is 0 Å². The van der Waals surface area contributed by atoms with Crippen LogP contribution in [0.4, 0.5) is 0 Å². The summed E-state index contributed by atoms with van der Waals surface area (Å²) in [4.78, 5) is 1.32. The van der Waals surface area contributed by atoms with Gasteiger partial charge in [0.25, 0.3) is 0 Å². The first-order chi connectivity index (χ1) is 8.43. The molecule has 0 unspecified atom stereocenters. The van der Waals surface area contributed by atoms with Gasteiger partial charge in [-0.2, -0.15) is 0 Å². The van der Waals surface area contributed by atoms with E-state index in [1.165, 1.54) is 21.6 Å². The van der Waals surface area contributed by atoms with Gasteiger partial charge in [-0.15, -0.1) is 11.3 Å². The number of rotatable bonds is 2. The van der Waals surface area contributed by atoms with E-state index in [0.717, 1.165) is 0 Å². The van der Waals surface area contributed by atoms with E-state index in [0.29, 0.717) is 0 Å². The van der Waals surface area contributed by atoms with Gasteiger partial charge in [0, 0.05) is 4.88 Å². The molecule has 3 rings (SSSR count). The van der Waals surface area contributed by atoms with Gasteiger partial charge >= 0.3 is 0 Å². The van der Waals surface area contributed by atoms with Crippen molar-refractivity contribution in [2.75, 3.05) is 0 Å². The molecule has 0 saturated carbocycles. The minimum Gasteiger partial charge on any atom is -0.143 e. The van der Waals surface area contributed by atoms with Crippen LogP contribution in [0, 0.1) is 0 Å². The van der Waals surface area contributed by atoms with E-state index in [-0.39, 0.29) is 0 Å². The Kier molecular flexibility index (Phi) is 2.76. The highest BCUT2D eigenvalue weighted by Gasteiger charge is 2.03. The summed E-state index contributed by atoms with van der Waals surface area (Å²) in [7, 11) is 0. The monoisotopic (exact) mass is 236 g/mol. The Labute approximate surface area is 105 Å². The molecule has 1 heteroatoms. The normalized spacial score (nSPS) is 10.4. The zero-order valence-electron chi connectivity index (χ0n) is 9.34. The van der Waals surface area contributed by atoms with Crippen molar-refractivity contribution >= 4 is 11.3 Å². The standard InChI is InChI=1S/C16H12S/c1-3-7-13(8-4-1)15-11-16(17-12-15)14-9-5-2-6-10-14/h1-12H. The highest BCUT2D eigenvalue weighted by molar-refractivity contribution is 7.14. The van der Waals surface area contributed by atoms with Gasteiger partial charge in [0.15, 0.2) is 0 Å². The molecule has 2 aromatic carbocycles. The topological polar surface area (TPSA) is 0 Å². The van der Waals surface area contributed by atoms with E-state index < -0.39 is 0 Å². The van der Waals surface area contributed by atoms with Gasteiger partial charge in [-0.1, -0.05) is 60.7 Å². The average Bonchev–Trinajstić information content (AvgIpc) is 2.90. The Morgan fingerprint density at radius 1 is 0.588 bits per heavy atom. The quantitative estimate of drug-likeness (QED) is 0.582. The molecule has 0 atom stereocenters. The predicted molar refractivity (Wildman–Crippen MR) is 75.2 cm³/mol. The Morgan fingerprint density at radius 2 is 1.18 bits per heavy atom. The molecule has 0 aliphatic rings. The average molecular weight is 236 g/mol. The number of hydrogen-bond donors (Lipinski definition) is 0. The zero-order chi connectivity index (χ0) is 11.5. The van der Waals surface area contributed by atoms with E-state index in [4.69, 9.17) is 0 Å². The van der Waals surface area contributed by atoms with Crippen LogP contribution in [0.25, 0.3) is 21.6 Å². The molecule has 0 nitrogen and oxygen atoms in total. The number of thiophene rings is 1. The Morgan fingerprint density at radius 3 is 1.82 bits per heavy atom. The Balaban J connectivity index is 1.99. The molecule has 3 aromatic rings. The van der Waals surface area contributed by atoms with Gasteiger partial charge in [0.2, 0.25) is 0 Å². The Hall–Kier alpha value is -1.86. The molecule has 0 bridgehead atoms. The van der Waals surface area contributed by atoms with Gasteiger partial charge in [-0.05, 0) is 28.1 Å². The third kappa shape index (κ3) is 2.15. The van der Waals surface area contributed by atoms with Crippen molar-refractivity contribution in [1.29, 1.82) is 0 Å². The molecule has 1 aromatic heterocycles. The number of benzene rings is 2. The molecule has 0 aliphatic heterocycles. The van der Waals surface area contributed by atoms with Crippen LogP contribution in [0.5, 0.6) is 0 Å².